The Bertz CT molecular complexity index is 1310. The van der Waals surface area contributed by atoms with E-state index in [9.17, 15) is 0 Å². The molecule has 4 aromatic rings. The lowest BCUT2D eigenvalue weighted by Crippen LogP contribution is -2.29. The molecule has 1 N–H and O–H groups in total. The molecule has 3 heterocycles. The minimum atomic E-state index is -0.278. The highest BCUT2D eigenvalue weighted by atomic mass is 35.5. The van der Waals surface area contributed by atoms with Crippen molar-refractivity contribution in [1.29, 1.82) is 0 Å². The molecule has 2 unspecified atom stereocenters. The number of pyridine rings is 1. The molecule has 5 nitrogen and oxygen atoms in total. The van der Waals surface area contributed by atoms with E-state index in [1.165, 1.54) is 0 Å². The number of methoxy groups -OCH3 is 1. The maximum Gasteiger partial charge on any atom is 0.174 e. The first-order valence-electron chi connectivity index (χ1n) is 10.2. The number of rotatable bonds is 5. The van der Waals surface area contributed by atoms with Crippen molar-refractivity contribution < 1.29 is 9.15 Å². The van der Waals surface area contributed by atoms with Crippen molar-refractivity contribution in [2.75, 3.05) is 12.0 Å². The molecule has 0 bridgehead atoms. The highest BCUT2D eigenvalue weighted by molar-refractivity contribution is 7.80. The zero-order valence-corrected chi connectivity index (χ0v) is 19.9. The second-order valence-corrected chi connectivity index (χ2v) is 8.75. The molecule has 0 saturated carbocycles. The van der Waals surface area contributed by atoms with Gasteiger partial charge in [0.25, 0.3) is 0 Å². The van der Waals surface area contributed by atoms with Crippen LogP contribution in [0.3, 0.4) is 0 Å². The van der Waals surface area contributed by atoms with Gasteiger partial charge in [0.2, 0.25) is 0 Å². The summed E-state index contributed by atoms with van der Waals surface area (Å²) >= 11 is 18.3. The smallest absolute Gasteiger partial charge is 0.174 e. The summed E-state index contributed by atoms with van der Waals surface area (Å²) in [6.45, 7) is 0. The Kier molecular flexibility index (Phi) is 5.98. The van der Waals surface area contributed by atoms with Crippen LogP contribution in [-0.4, -0.2) is 17.2 Å². The Hall–Kier alpha value is -3.06. The molecule has 1 fully saturated rings. The second kappa shape index (κ2) is 9.06. The monoisotopic (exact) mass is 495 g/mol. The average molecular weight is 496 g/mol. The number of hydrogen-bond acceptors (Lipinski definition) is 4. The Balaban J connectivity index is 1.61. The molecular formula is C25H19Cl2N3O2S. The lowest BCUT2D eigenvalue weighted by atomic mass is 10.0. The van der Waals surface area contributed by atoms with Crippen LogP contribution in [0.15, 0.2) is 83.4 Å². The molecule has 0 aliphatic carbocycles. The zero-order chi connectivity index (χ0) is 22.9. The van der Waals surface area contributed by atoms with E-state index < -0.39 is 0 Å². The first kappa shape index (κ1) is 21.8. The van der Waals surface area contributed by atoms with Crippen molar-refractivity contribution in [2.24, 2.45) is 0 Å². The van der Waals surface area contributed by atoms with Crippen LogP contribution < -0.4 is 15.0 Å². The number of nitrogens with one attached hydrogen (secondary N) is 1. The summed E-state index contributed by atoms with van der Waals surface area (Å²) < 4.78 is 11.8. The number of nitrogens with zero attached hydrogens (tertiary/aromatic N) is 2. The number of anilines is 1. The van der Waals surface area contributed by atoms with Crippen LogP contribution in [0.2, 0.25) is 10.0 Å². The van der Waals surface area contributed by atoms with Gasteiger partial charge >= 0.3 is 0 Å². The minimum absolute atomic E-state index is 0.218. The molecule has 0 radical (unpaired) electrons. The van der Waals surface area contributed by atoms with Crippen molar-refractivity contribution in [3.8, 4) is 17.1 Å². The molecule has 0 amide bonds. The highest BCUT2D eigenvalue weighted by Gasteiger charge is 2.42. The van der Waals surface area contributed by atoms with E-state index in [2.05, 4.69) is 10.3 Å². The Morgan fingerprint density at radius 3 is 2.67 bits per heavy atom. The third kappa shape index (κ3) is 4.17. The Morgan fingerprint density at radius 1 is 1.03 bits per heavy atom. The Morgan fingerprint density at radius 2 is 1.91 bits per heavy atom. The van der Waals surface area contributed by atoms with Gasteiger partial charge in [-0.25, -0.2) is 0 Å². The van der Waals surface area contributed by atoms with E-state index in [0.29, 0.717) is 20.9 Å². The van der Waals surface area contributed by atoms with Gasteiger partial charge in [0.1, 0.15) is 23.3 Å². The summed E-state index contributed by atoms with van der Waals surface area (Å²) in [7, 11) is 1.64. The largest absolute Gasteiger partial charge is 0.497 e. The summed E-state index contributed by atoms with van der Waals surface area (Å²) in [5, 5.41) is 5.09. The molecule has 1 aliphatic rings. The lowest BCUT2D eigenvalue weighted by molar-refractivity contribution is 0.414. The number of halogens is 2. The minimum Gasteiger partial charge on any atom is -0.497 e. The van der Waals surface area contributed by atoms with Gasteiger partial charge < -0.3 is 19.4 Å². The van der Waals surface area contributed by atoms with Crippen molar-refractivity contribution in [3.05, 3.63) is 100 Å². The number of thiocarbonyl (C=S) groups is 1. The number of aromatic nitrogens is 1. The molecule has 0 spiro atoms. The van der Waals surface area contributed by atoms with Crippen molar-refractivity contribution in [1.82, 2.24) is 10.3 Å². The van der Waals surface area contributed by atoms with Gasteiger partial charge in [0.15, 0.2) is 5.11 Å². The van der Waals surface area contributed by atoms with E-state index in [4.69, 9.17) is 44.6 Å². The van der Waals surface area contributed by atoms with Gasteiger partial charge in [-0.3, -0.25) is 4.98 Å². The zero-order valence-electron chi connectivity index (χ0n) is 17.5. The van der Waals surface area contributed by atoms with Gasteiger partial charge in [-0.05, 0) is 66.8 Å². The van der Waals surface area contributed by atoms with Crippen LogP contribution >= 0.6 is 35.4 Å². The standard InChI is InChI=1S/C25H19Cl2N3O2S/c1-31-17-6-4-5-16(14-17)30-24(23(29-25(30)33)20-7-2-3-12-28-20)22-11-10-21(32-22)18-9-8-15(26)13-19(18)27/h2-14,23-24H,1H3,(H,29,33). The molecular weight excluding hydrogens is 477 g/mol. The van der Waals surface area contributed by atoms with Crippen molar-refractivity contribution in [3.63, 3.8) is 0 Å². The van der Waals surface area contributed by atoms with Gasteiger partial charge in [-0.2, -0.15) is 0 Å². The van der Waals surface area contributed by atoms with Gasteiger partial charge in [-0.15, -0.1) is 0 Å². The van der Waals surface area contributed by atoms with Crippen LogP contribution in [0.25, 0.3) is 11.3 Å². The predicted molar refractivity (Wildman–Crippen MR) is 135 cm³/mol. The number of benzene rings is 2. The van der Waals surface area contributed by atoms with Crippen molar-refractivity contribution >= 4 is 46.2 Å². The Labute approximate surface area is 206 Å². The summed E-state index contributed by atoms with van der Waals surface area (Å²) in [6, 6.07) is 22.3. The van der Waals surface area contributed by atoms with E-state index in [1.54, 1.807) is 25.4 Å². The van der Waals surface area contributed by atoms with E-state index in [0.717, 1.165) is 28.5 Å². The fourth-order valence-electron chi connectivity index (χ4n) is 4.03. The molecule has 2 aromatic carbocycles. The number of hydrogen-bond donors (Lipinski definition) is 1. The maximum absolute atomic E-state index is 6.43. The van der Waals surface area contributed by atoms with Gasteiger partial charge in [0.05, 0.1) is 23.9 Å². The summed E-state index contributed by atoms with van der Waals surface area (Å²) in [6.07, 6.45) is 1.77. The number of furan rings is 1. The predicted octanol–water partition coefficient (Wildman–Crippen LogP) is 6.83. The van der Waals surface area contributed by atoms with Crippen LogP contribution in [0.5, 0.6) is 5.75 Å². The van der Waals surface area contributed by atoms with Crippen LogP contribution in [0.4, 0.5) is 5.69 Å². The molecule has 1 saturated heterocycles. The maximum atomic E-state index is 6.43. The molecule has 5 rings (SSSR count). The van der Waals surface area contributed by atoms with Crippen molar-refractivity contribution in [2.45, 2.75) is 12.1 Å². The van der Waals surface area contributed by atoms with E-state index >= 15 is 0 Å². The molecule has 33 heavy (non-hydrogen) atoms. The topological polar surface area (TPSA) is 50.5 Å². The van der Waals surface area contributed by atoms with Gasteiger partial charge in [-0.1, -0.05) is 35.3 Å². The summed E-state index contributed by atoms with van der Waals surface area (Å²) in [4.78, 5) is 6.60. The van der Waals surface area contributed by atoms with E-state index in [1.807, 2.05) is 65.6 Å². The normalized spacial score (nSPS) is 17.8. The second-order valence-electron chi connectivity index (χ2n) is 7.52. The molecule has 166 valence electrons. The molecule has 8 heteroatoms. The van der Waals surface area contributed by atoms with Crippen LogP contribution in [0, 0.1) is 0 Å². The molecule has 2 atom stereocenters. The first-order valence-corrected chi connectivity index (χ1v) is 11.4. The van der Waals surface area contributed by atoms with E-state index in [-0.39, 0.29) is 12.1 Å². The average Bonchev–Trinajstić information content (AvgIpc) is 3.44. The van der Waals surface area contributed by atoms with Crippen LogP contribution in [-0.2, 0) is 0 Å². The third-order valence-corrected chi connectivity index (χ3v) is 6.41. The SMILES string of the molecule is COc1cccc(N2C(=S)NC(c3ccccn3)C2c2ccc(-c3ccc(Cl)cc3Cl)o2)c1. The quantitative estimate of drug-likeness (QED) is 0.306. The fraction of sp³-hybridized carbons (Fsp3) is 0.120. The molecule has 1 aliphatic heterocycles. The highest BCUT2D eigenvalue weighted by Crippen LogP contribution is 2.44. The van der Waals surface area contributed by atoms with Crippen LogP contribution in [0.1, 0.15) is 23.5 Å². The fourth-order valence-corrected chi connectivity index (χ4v) is 4.88. The van der Waals surface area contributed by atoms with Gasteiger partial charge in [0, 0.05) is 28.5 Å². The number of ether oxygens (including phenoxy) is 1. The summed E-state index contributed by atoms with van der Waals surface area (Å²) in [5.41, 5.74) is 2.51. The lowest BCUT2D eigenvalue weighted by Gasteiger charge is -2.26. The third-order valence-electron chi connectivity index (χ3n) is 5.54. The summed E-state index contributed by atoms with van der Waals surface area (Å²) in [5.74, 6) is 2.11. The first-order chi connectivity index (χ1) is 16.0. The molecule has 2 aromatic heterocycles.